The van der Waals surface area contributed by atoms with E-state index < -0.39 is 5.60 Å². The van der Waals surface area contributed by atoms with Gasteiger partial charge in [-0.15, -0.1) is 11.6 Å². The van der Waals surface area contributed by atoms with Crippen LogP contribution < -0.4 is 4.74 Å². The normalized spacial score (nSPS) is 12.5. The molecule has 2 nitrogen and oxygen atoms in total. The van der Waals surface area contributed by atoms with Gasteiger partial charge in [0, 0.05) is 7.11 Å². The van der Waals surface area contributed by atoms with E-state index >= 15 is 0 Å². The molecular formula is C15H19ClO2. The number of rotatable bonds is 4. The molecule has 0 aliphatic carbocycles. The molecule has 0 aliphatic rings. The Morgan fingerprint density at radius 3 is 2.33 bits per heavy atom. The highest BCUT2D eigenvalue weighted by Gasteiger charge is 2.12. The van der Waals surface area contributed by atoms with Gasteiger partial charge in [-0.3, -0.25) is 0 Å². The van der Waals surface area contributed by atoms with Crippen LogP contribution in [0.2, 0.25) is 0 Å². The third kappa shape index (κ3) is 5.00. The minimum atomic E-state index is -0.451. The molecule has 0 saturated carbocycles. The van der Waals surface area contributed by atoms with Gasteiger partial charge in [0.05, 0.1) is 12.5 Å². The lowest BCUT2D eigenvalue weighted by molar-refractivity contribution is 0.0741. The lowest BCUT2D eigenvalue weighted by Gasteiger charge is -2.14. The molecule has 1 aromatic rings. The van der Waals surface area contributed by atoms with Crippen molar-refractivity contribution in [2.75, 3.05) is 14.2 Å². The molecule has 1 atom stereocenters. The second kappa shape index (κ2) is 6.68. The summed E-state index contributed by atoms with van der Waals surface area (Å²) in [5, 5.41) is -0.215. The van der Waals surface area contributed by atoms with Gasteiger partial charge < -0.3 is 9.47 Å². The largest absolute Gasteiger partial charge is 0.497 e. The van der Waals surface area contributed by atoms with Crippen molar-refractivity contribution < 1.29 is 9.47 Å². The van der Waals surface area contributed by atoms with Crippen LogP contribution in [0, 0.1) is 11.8 Å². The SMILES string of the molecule is COc1ccc(CC(Cl)C#CC(C)(C)OC)cc1. The Morgan fingerprint density at radius 2 is 1.83 bits per heavy atom. The van der Waals surface area contributed by atoms with Crippen molar-refractivity contribution in [2.45, 2.75) is 31.2 Å². The first-order valence-corrected chi connectivity index (χ1v) is 6.25. The van der Waals surface area contributed by atoms with Crippen LogP contribution in [0.4, 0.5) is 0 Å². The topological polar surface area (TPSA) is 18.5 Å². The maximum absolute atomic E-state index is 6.19. The molecule has 0 heterocycles. The predicted octanol–water partition coefficient (Wildman–Crippen LogP) is 3.27. The second-order valence-corrected chi connectivity index (χ2v) is 5.03. The molecule has 0 spiro atoms. The van der Waals surface area contributed by atoms with E-state index in [1.54, 1.807) is 14.2 Å². The van der Waals surface area contributed by atoms with E-state index in [0.29, 0.717) is 6.42 Å². The minimum Gasteiger partial charge on any atom is -0.497 e. The van der Waals surface area contributed by atoms with Crippen molar-refractivity contribution in [2.24, 2.45) is 0 Å². The van der Waals surface area contributed by atoms with Crippen LogP contribution in [0.3, 0.4) is 0 Å². The van der Waals surface area contributed by atoms with Gasteiger partial charge in [0.25, 0.3) is 0 Å². The highest BCUT2D eigenvalue weighted by molar-refractivity contribution is 6.22. The van der Waals surface area contributed by atoms with E-state index in [1.807, 2.05) is 38.1 Å². The molecule has 1 rings (SSSR count). The number of alkyl halides is 1. The predicted molar refractivity (Wildman–Crippen MR) is 75.2 cm³/mol. The zero-order valence-electron chi connectivity index (χ0n) is 11.3. The molecule has 0 amide bonds. The highest BCUT2D eigenvalue weighted by atomic mass is 35.5. The van der Waals surface area contributed by atoms with Crippen molar-refractivity contribution in [1.29, 1.82) is 0 Å². The Labute approximate surface area is 114 Å². The number of benzene rings is 1. The Morgan fingerprint density at radius 1 is 1.22 bits per heavy atom. The van der Waals surface area contributed by atoms with Crippen molar-refractivity contribution >= 4 is 11.6 Å². The molecule has 0 aliphatic heterocycles. The van der Waals surface area contributed by atoms with Crippen molar-refractivity contribution in [1.82, 2.24) is 0 Å². The zero-order valence-corrected chi connectivity index (χ0v) is 12.0. The fourth-order valence-corrected chi connectivity index (χ4v) is 1.56. The summed E-state index contributed by atoms with van der Waals surface area (Å²) >= 11 is 6.19. The van der Waals surface area contributed by atoms with E-state index in [0.717, 1.165) is 11.3 Å². The summed E-state index contributed by atoms with van der Waals surface area (Å²) in [6.07, 6.45) is 0.707. The fraction of sp³-hybridized carbons (Fsp3) is 0.467. The van der Waals surface area contributed by atoms with Gasteiger partial charge in [-0.2, -0.15) is 0 Å². The highest BCUT2D eigenvalue weighted by Crippen LogP contribution is 2.14. The van der Waals surface area contributed by atoms with E-state index in [-0.39, 0.29) is 5.38 Å². The molecule has 18 heavy (non-hydrogen) atoms. The van der Waals surface area contributed by atoms with Gasteiger partial charge in [-0.1, -0.05) is 24.0 Å². The number of hydrogen-bond donors (Lipinski definition) is 0. The molecular weight excluding hydrogens is 248 g/mol. The van der Waals surface area contributed by atoms with Crippen LogP contribution in [-0.4, -0.2) is 25.2 Å². The van der Waals surface area contributed by atoms with Crippen LogP contribution in [0.1, 0.15) is 19.4 Å². The van der Waals surface area contributed by atoms with Gasteiger partial charge in [-0.25, -0.2) is 0 Å². The third-order valence-electron chi connectivity index (χ3n) is 2.61. The Kier molecular flexibility index (Phi) is 5.53. The summed E-state index contributed by atoms with van der Waals surface area (Å²) in [5.74, 6) is 6.88. The van der Waals surface area contributed by atoms with E-state index in [9.17, 15) is 0 Å². The molecule has 0 saturated heterocycles. The summed E-state index contributed by atoms with van der Waals surface area (Å²) in [5.41, 5.74) is 0.688. The molecule has 0 N–H and O–H groups in total. The van der Waals surface area contributed by atoms with Crippen LogP contribution in [0.15, 0.2) is 24.3 Å². The van der Waals surface area contributed by atoms with Crippen molar-refractivity contribution in [3.63, 3.8) is 0 Å². The standard InChI is InChI=1S/C15H19ClO2/c1-15(2,18-4)10-9-13(16)11-12-5-7-14(17-3)8-6-12/h5-8,13H,11H2,1-4H3. The maximum Gasteiger partial charge on any atom is 0.122 e. The monoisotopic (exact) mass is 266 g/mol. The third-order valence-corrected chi connectivity index (χ3v) is 2.88. The molecule has 0 radical (unpaired) electrons. The lowest BCUT2D eigenvalue weighted by Crippen LogP contribution is -2.19. The van der Waals surface area contributed by atoms with Gasteiger partial charge in [-0.05, 0) is 38.0 Å². The molecule has 0 bridgehead atoms. The molecule has 0 aromatic heterocycles. The summed E-state index contributed by atoms with van der Waals surface area (Å²) in [4.78, 5) is 0. The first kappa shape index (κ1) is 14.9. The summed E-state index contributed by atoms with van der Waals surface area (Å²) < 4.78 is 10.3. The fourth-order valence-electron chi connectivity index (χ4n) is 1.32. The average molecular weight is 267 g/mol. The Balaban J connectivity index is 2.61. The average Bonchev–Trinajstić information content (AvgIpc) is 2.37. The first-order valence-electron chi connectivity index (χ1n) is 5.81. The van der Waals surface area contributed by atoms with Crippen LogP contribution in [0.25, 0.3) is 0 Å². The van der Waals surface area contributed by atoms with Gasteiger partial charge in [0.1, 0.15) is 11.4 Å². The number of methoxy groups -OCH3 is 2. The minimum absolute atomic E-state index is 0.215. The zero-order chi connectivity index (χ0) is 13.6. The maximum atomic E-state index is 6.19. The quantitative estimate of drug-likeness (QED) is 0.615. The smallest absolute Gasteiger partial charge is 0.122 e. The molecule has 3 heteroatoms. The second-order valence-electron chi connectivity index (χ2n) is 4.50. The first-order chi connectivity index (χ1) is 8.46. The molecule has 1 unspecified atom stereocenters. The molecule has 98 valence electrons. The molecule has 1 aromatic carbocycles. The number of hydrogen-bond acceptors (Lipinski definition) is 2. The van der Waals surface area contributed by atoms with Gasteiger partial charge >= 0.3 is 0 Å². The lowest BCUT2D eigenvalue weighted by atomic mass is 10.1. The van der Waals surface area contributed by atoms with Gasteiger partial charge in [0.15, 0.2) is 0 Å². The van der Waals surface area contributed by atoms with Crippen molar-refractivity contribution in [3.05, 3.63) is 29.8 Å². The Bertz CT molecular complexity index is 426. The summed E-state index contributed by atoms with van der Waals surface area (Å²) in [6, 6.07) is 7.84. The van der Waals surface area contributed by atoms with Crippen molar-refractivity contribution in [3.8, 4) is 17.6 Å². The van der Waals surface area contributed by atoms with E-state index in [1.165, 1.54) is 0 Å². The summed E-state index contributed by atoms with van der Waals surface area (Å²) in [6.45, 7) is 3.83. The molecule has 0 fully saturated rings. The number of ether oxygens (including phenoxy) is 2. The van der Waals surface area contributed by atoms with Crippen LogP contribution in [0.5, 0.6) is 5.75 Å². The van der Waals surface area contributed by atoms with E-state index in [4.69, 9.17) is 21.1 Å². The van der Waals surface area contributed by atoms with Gasteiger partial charge in [0.2, 0.25) is 0 Å². The van der Waals surface area contributed by atoms with Crippen LogP contribution >= 0.6 is 11.6 Å². The Hall–Kier alpha value is -1.17. The van der Waals surface area contributed by atoms with Crippen LogP contribution in [-0.2, 0) is 11.2 Å². The number of halogens is 1. The van der Waals surface area contributed by atoms with E-state index in [2.05, 4.69) is 11.8 Å². The summed E-state index contributed by atoms with van der Waals surface area (Å²) in [7, 11) is 3.29.